The first-order valence-electron chi connectivity index (χ1n) is 9.74. The summed E-state index contributed by atoms with van der Waals surface area (Å²) in [5.41, 5.74) is 1.82. The molecule has 1 aliphatic rings. The van der Waals surface area contributed by atoms with Crippen molar-refractivity contribution in [3.8, 4) is 5.82 Å². The van der Waals surface area contributed by atoms with Gasteiger partial charge in [0, 0.05) is 44.0 Å². The van der Waals surface area contributed by atoms with E-state index in [1.807, 2.05) is 30.9 Å². The molecule has 0 saturated carbocycles. The van der Waals surface area contributed by atoms with Crippen molar-refractivity contribution in [3.63, 3.8) is 0 Å². The maximum Gasteiger partial charge on any atom is 0.246 e. The van der Waals surface area contributed by atoms with E-state index in [9.17, 15) is 17.2 Å². The van der Waals surface area contributed by atoms with E-state index in [4.69, 9.17) is 0 Å². The summed E-state index contributed by atoms with van der Waals surface area (Å²) in [5.74, 6) is -0.0396. The summed E-state index contributed by atoms with van der Waals surface area (Å²) >= 11 is 0. The molecular formula is C20H22F2N6O2S. The van der Waals surface area contributed by atoms with Crippen LogP contribution < -0.4 is 4.90 Å². The molecule has 164 valence electrons. The van der Waals surface area contributed by atoms with Gasteiger partial charge < -0.3 is 4.90 Å². The predicted molar refractivity (Wildman–Crippen MR) is 111 cm³/mol. The Morgan fingerprint density at radius 3 is 2.19 bits per heavy atom. The smallest absolute Gasteiger partial charge is 0.246 e. The first-order chi connectivity index (χ1) is 14.6. The lowest BCUT2D eigenvalue weighted by molar-refractivity contribution is 0.381. The molecule has 2 aromatic heterocycles. The van der Waals surface area contributed by atoms with Crippen molar-refractivity contribution in [1.82, 2.24) is 24.1 Å². The molecule has 4 rings (SSSR count). The van der Waals surface area contributed by atoms with Crippen molar-refractivity contribution in [3.05, 3.63) is 59.2 Å². The lowest BCUT2D eigenvalue weighted by atomic mass is 10.3. The molecule has 0 bridgehead atoms. The third-order valence-electron chi connectivity index (χ3n) is 5.11. The zero-order valence-electron chi connectivity index (χ0n) is 17.4. The third-order valence-corrected chi connectivity index (χ3v) is 7.04. The van der Waals surface area contributed by atoms with Crippen molar-refractivity contribution in [2.45, 2.75) is 25.7 Å². The van der Waals surface area contributed by atoms with Gasteiger partial charge in [0.15, 0.2) is 5.82 Å². The largest absolute Gasteiger partial charge is 0.354 e. The van der Waals surface area contributed by atoms with Crippen molar-refractivity contribution in [1.29, 1.82) is 0 Å². The van der Waals surface area contributed by atoms with E-state index in [1.54, 1.807) is 11.6 Å². The molecule has 0 atom stereocenters. The Labute approximate surface area is 179 Å². The van der Waals surface area contributed by atoms with Crippen LogP contribution in [0.4, 0.5) is 14.6 Å². The van der Waals surface area contributed by atoms with Gasteiger partial charge in [0.25, 0.3) is 0 Å². The van der Waals surface area contributed by atoms with Gasteiger partial charge in [0.2, 0.25) is 10.0 Å². The summed E-state index contributed by atoms with van der Waals surface area (Å²) in [6.45, 7) is 6.67. The zero-order chi connectivity index (χ0) is 22.3. The number of benzene rings is 1. The van der Waals surface area contributed by atoms with Gasteiger partial charge in [-0.2, -0.15) is 9.40 Å². The van der Waals surface area contributed by atoms with Crippen molar-refractivity contribution >= 4 is 15.8 Å². The number of halogens is 2. The summed E-state index contributed by atoms with van der Waals surface area (Å²) in [6, 6.07) is 6.25. The molecule has 1 saturated heterocycles. The van der Waals surface area contributed by atoms with Crippen molar-refractivity contribution in [2.24, 2.45) is 0 Å². The van der Waals surface area contributed by atoms with E-state index < -0.39 is 26.6 Å². The Morgan fingerprint density at radius 1 is 0.903 bits per heavy atom. The van der Waals surface area contributed by atoms with Gasteiger partial charge >= 0.3 is 0 Å². The van der Waals surface area contributed by atoms with Crippen LogP contribution in [-0.2, 0) is 10.0 Å². The Bertz CT molecular complexity index is 1240. The van der Waals surface area contributed by atoms with Crippen LogP contribution in [0.5, 0.6) is 0 Å². The van der Waals surface area contributed by atoms with E-state index in [2.05, 4.69) is 15.1 Å². The second-order valence-electron chi connectivity index (χ2n) is 7.44. The predicted octanol–water partition coefficient (Wildman–Crippen LogP) is 2.38. The maximum atomic E-state index is 14.0. The number of rotatable bonds is 4. The number of hydrogen-bond donors (Lipinski definition) is 0. The molecule has 0 amide bonds. The van der Waals surface area contributed by atoms with Crippen LogP contribution >= 0.6 is 0 Å². The van der Waals surface area contributed by atoms with Crippen LogP contribution in [0, 0.1) is 32.4 Å². The quantitative estimate of drug-likeness (QED) is 0.609. The summed E-state index contributed by atoms with van der Waals surface area (Å²) in [6.07, 6.45) is 0. The average Bonchev–Trinajstić information content (AvgIpc) is 3.05. The van der Waals surface area contributed by atoms with Gasteiger partial charge in [-0.1, -0.05) is 0 Å². The van der Waals surface area contributed by atoms with Crippen molar-refractivity contribution < 1.29 is 17.2 Å². The van der Waals surface area contributed by atoms with Crippen LogP contribution in [0.2, 0.25) is 0 Å². The molecule has 3 heterocycles. The molecule has 0 unspecified atom stereocenters. The third kappa shape index (κ3) is 4.15. The minimum atomic E-state index is -4.06. The minimum absolute atomic E-state index is 0.150. The van der Waals surface area contributed by atoms with Gasteiger partial charge in [-0.15, -0.1) is 0 Å². The van der Waals surface area contributed by atoms with E-state index in [-0.39, 0.29) is 13.1 Å². The second kappa shape index (κ2) is 7.97. The average molecular weight is 448 g/mol. The van der Waals surface area contributed by atoms with Gasteiger partial charge in [-0.25, -0.2) is 31.8 Å². The monoisotopic (exact) mass is 448 g/mol. The minimum Gasteiger partial charge on any atom is -0.354 e. The second-order valence-corrected chi connectivity index (χ2v) is 9.34. The summed E-state index contributed by atoms with van der Waals surface area (Å²) in [4.78, 5) is 10.4. The topological polar surface area (TPSA) is 84.2 Å². The molecule has 1 aromatic carbocycles. The zero-order valence-corrected chi connectivity index (χ0v) is 18.2. The lowest BCUT2D eigenvalue weighted by Crippen LogP contribution is -2.49. The fraction of sp³-hybridized carbons (Fsp3) is 0.350. The molecule has 8 nitrogen and oxygen atoms in total. The van der Waals surface area contributed by atoms with E-state index in [0.717, 1.165) is 23.5 Å². The molecular weight excluding hydrogens is 426 g/mol. The number of aryl methyl sites for hydroxylation is 3. The molecule has 1 aliphatic heterocycles. The highest BCUT2D eigenvalue weighted by molar-refractivity contribution is 7.89. The summed E-state index contributed by atoms with van der Waals surface area (Å²) in [5, 5.41) is 4.46. The number of anilines is 1. The van der Waals surface area contributed by atoms with Crippen molar-refractivity contribution in [2.75, 3.05) is 31.1 Å². The van der Waals surface area contributed by atoms with Crippen LogP contribution in [-0.4, -0.2) is 58.7 Å². The molecule has 0 aliphatic carbocycles. The van der Waals surface area contributed by atoms with Crippen LogP contribution in [0.3, 0.4) is 0 Å². The van der Waals surface area contributed by atoms with Crippen LogP contribution in [0.25, 0.3) is 5.82 Å². The summed E-state index contributed by atoms with van der Waals surface area (Å²) < 4.78 is 55.8. The highest BCUT2D eigenvalue weighted by atomic mass is 32.2. The van der Waals surface area contributed by atoms with E-state index >= 15 is 0 Å². The Balaban J connectivity index is 1.54. The van der Waals surface area contributed by atoms with Crippen LogP contribution in [0.15, 0.2) is 35.2 Å². The maximum absolute atomic E-state index is 14.0. The molecule has 31 heavy (non-hydrogen) atoms. The normalized spacial score (nSPS) is 15.5. The number of nitrogens with zero attached hydrogens (tertiary/aromatic N) is 6. The Morgan fingerprint density at radius 2 is 1.58 bits per heavy atom. The fourth-order valence-corrected chi connectivity index (χ4v) is 5.12. The van der Waals surface area contributed by atoms with E-state index in [0.29, 0.717) is 36.6 Å². The standard InChI is InChI=1S/C20H22F2N6O2S/c1-13-10-14(2)28(25-13)20-12-19(23-15(3)24-20)26-6-8-27(9-7-26)31(29,30)18-5-4-16(21)11-17(18)22/h4-5,10-12H,6-9H2,1-3H3. The fourth-order valence-electron chi connectivity index (χ4n) is 3.65. The molecule has 0 radical (unpaired) electrons. The highest BCUT2D eigenvalue weighted by Crippen LogP contribution is 2.24. The Kier molecular flexibility index (Phi) is 5.48. The van der Waals surface area contributed by atoms with Gasteiger partial charge in [0.05, 0.1) is 5.69 Å². The SMILES string of the molecule is Cc1cc(C)n(-c2cc(N3CCN(S(=O)(=O)c4ccc(F)cc4F)CC3)nc(C)n2)n1. The number of hydrogen-bond acceptors (Lipinski definition) is 6. The lowest BCUT2D eigenvalue weighted by Gasteiger charge is -2.34. The molecule has 0 spiro atoms. The van der Waals surface area contributed by atoms with E-state index in [1.165, 1.54) is 4.31 Å². The molecule has 3 aromatic rings. The Hall–Kier alpha value is -2.92. The number of piperazine rings is 1. The highest BCUT2D eigenvalue weighted by Gasteiger charge is 2.31. The summed E-state index contributed by atoms with van der Waals surface area (Å²) in [7, 11) is -4.06. The molecule has 1 fully saturated rings. The van der Waals surface area contributed by atoms with Gasteiger partial charge in [-0.3, -0.25) is 0 Å². The van der Waals surface area contributed by atoms with Gasteiger partial charge in [-0.05, 0) is 39.0 Å². The first-order valence-corrected chi connectivity index (χ1v) is 11.2. The number of sulfonamides is 1. The number of aromatic nitrogens is 4. The van der Waals surface area contributed by atoms with Gasteiger partial charge in [0.1, 0.15) is 28.2 Å². The molecule has 11 heteroatoms. The van der Waals surface area contributed by atoms with Crippen LogP contribution in [0.1, 0.15) is 17.2 Å². The first kappa shape index (κ1) is 21.3. The molecule has 0 N–H and O–H groups in total.